The smallest absolute Gasteiger partial charge is 0.251 e. The Hall–Kier alpha value is -3.72. The third-order valence-electron chi connectivity index (χ3n) is 4.36. The summed E-state index contributed by atoms with van der Waals surface area (Å²) in [5.41, 5.74) is 2.46. The molecular formula is C23H18F2N2O2. The highest BCUT2D eigenvalue weighted by Gasteiger charge is 2.13. The first kappa shape index (κ1) is 20.0. The molecule has 0 bridgehead atoms. The summed E-state index contributed by atoms with van der Waals surface area (Å²) < 4.78 is 33.1. The van der Waals surface area contributed by atoms with Crippen molar-refractivity contribution in [2.45, 2.75) is 13.5 Å². The maximum atomic E-state index is 14.6. The summed E-state index contributed by atoms with van der Waals surface area (Å²) in [6.45, 7) is 1.87. The lowest BCUT2D eigenvalue weighted by atomic mass is 9.98. The predicted molar refractivity (Wildman–Crippen MR) is 105 cm³/mol. The first-order valence-corrected chi connectivity index (χ1v) is 8.91. The van der Waals surface area contributed by atoms with E-state index < -0.39 is 11.7 Å². The molecule has 0 heterocycles. The van der Waals surface area contributed by atoms with Gasteiger partial charge in [0.15, 0.2) is 6.61 Å². The molecule has 0 aliphatic carbocycles. The van der Waals surface area contributed by atoms with Gasteiger partial charge in [-0.3, -0.25) is 4.79 Å². The monoisotopic (exact) mass is 392 g/mol. The lowest BCUT2D eigenvalue weighted by Gasteiger charge is -2.10. The highest BCUT2D eigenvalue weighted by Crippen LogP contribution is 2.27. The van der Waals surface area contributed by atoms with Crippen LogP contribution in [-0.4, -0.2) is 12.5 Å². The third-order valence-corrected chi connectivity index (χ3v) is 4.36. The highest BCUT2D eigenvalue weighted by atomic mass is 19.1. The molecule has 0 radical (unpaired) electrons. The number of benzene rings is 3. The molecule has 0 aliphatic heterocycles. The van der Waals surface area contributed by atoms with Crippen molar-refractivity contribution in [2.75, 3.05) is 6.61 Å². The Balaban J connectivity index is 1.70. The molecule has 146 valence electrons. The van der Waals surface area contributed by atoms with E-state index in [0.29, 0.717) is 22.4 Å². The minimum absolute atomic E-state index is 0.0605. The lowest BCUT2D eigenvalue weighted by Crippen LogP contribution is -2.23. The second kappa shape index (κ2) is 8.98. The van der Waals surface area contributed by atoms with Crippen molar-refractivity contribution in [2.24, 2.45) is 0 Å². The van der Waals surface area contributed by atoms with Gasteiger partial charge >= 0.3 is 0 Å². The molecule has 0 saturated heterocycles. The molecule has 0 atom stereocenters. The number of carbonyl (C=O) groups is 1. The summed E-state index contributed by atoms with van der Waals surface area (Å²) >= 11 is 0. The SMILES string of the molecule is Cc1cc(F)ccc1-c1ccc(C(=O)NCc2cccc(OCC#N)c2)cc1F. The Labute approximate surface area is 167 Å². The van der Waals surface area contributed by atoms with E-state index in [2.05, 4.69) is 5.32 Å². The molecule has 3 aromatic carbocycles. The van der Waals surface area contributed by atoms with Crippen LogP contribution < -0.4 is 10.1 Å². The number of rotatable bonds is 6. The standard InChI is InChI=1S/C23H18F2N2O2/c1-15-11-18(24)6-8-20(15)21-7-5-17(13-22(21)25)23(28)27-14-16-3-2-4-19(12-16)29-10-9-26/h2-8,11-13H,10,14H2,1H3,(H,27,28). The van der Waals surface area contributed by atoms with Gasteiger partial charge in [-0.05, 0) is 60.0 Å². The van der Waals surface area contributed by atoms with Crippen LogP contribution in [0.1, 0.15) is 21.5 Å². The van der Waals surface area contributed by atoms with Crippen molar-refractivity contribution in [1.82, 2.24) is 5.32 Å². The molecule has 29 heavy (non-hydrogen) atoms. The fraction of sp³-hybridized carbons (Fsp3) is 0.130. The molecule has 0 fully saturated rings. The first-order valence-electron chi connectivity index (χ1n) is 8.91. The third kappa shape index (κ3) is 4.96. The number of nitriles is 1. The van der Waals surface area contributed by atoms with Gasteiger partial charge in [-0.1, -0.05) is 24.3 Å². The lowest BCUT2D eigenvalue weighted by molar-refractivity contribution is 0.0950. The highest BCUT2D eigenvalue weighted by molar-refractivity contribution is 5.94. The molecule has 0 saturated carbocycles. The van der Waals surface area contributed by atoms with Crippen molar-refractivity contribution < 1.29 is 18.3 Å². The van der Waals surface area contributed by atoms with E-state index in [9.17, 15) is 13.6 Å². The molecule has 3 aromatic rings. The maximum Gasteiger partial charge on any atom is 0.251 e. The van der Waals surface area contributed by atoms with Crippen LogP contribution >= 0.6 is 0 Å². The van der Waals surface area contributed by atoms with Crippen LogP contribution in [0.4, 0.5) is 8.78 Å². The molecule has 0 unspecified atom stereocenters. The molecule has 0 aliphatic rings. The van der Waals surface area contributed by atoms with Gasteiger partial charge in [0.1, 0.15) is 23.5 Å². The minimum atomic E-state index is -0.556. The Morgan fingerprint density at radius 1 is 1.07 bits per heavy atom. The second-order valence-electron chi connectivity index (χ2n) is 6.43. The van der Waals surface area contributed by atoms with E-state index in [0.717, 1.165) is 5.56 Å². The molecular weight excluding hydrogens is 374 g/mol. The van der Waals surface area contributed by atoms with Gasteiger partial charge in [-0.2, -0.15) is 5.26 Å². The van der Waals surface area contributed by atoms with E-state index in [1.165, 1.54) is 36.4 Å². The van der Waals surface area contributed by atoms with Crippen molar-refractivity contribution in [3.63, 3.8) is 0 Å². The van der Waals surface area contributed by atoms with Crippen LogP contribution in [0.15, 0.2) is 60.7 Å². The van der Waals surface area contributed by atoms with E-state index in [1.807, 2.05) is 6.07 Å². The van der Waals surface area contributed by atoms with Crippen LogP contribution in [0, 0.1) is 29.9 Å². The number of hydrogen-bond donors (Lipinski definition) is 1. The summed E-state index contributed by atoms with van der Waals surface area (Å²) in [7, 11) is 0. The second-order valence-corrected chi connectivity index (χ2v) is 6.43. The Morgan fingerprint density at radius 3 is 2.59 bits per heavy atom. The van der Waals surface area contributed by atoms with Crippen molar-refractivity contribution in [1.29, 1.82) is 5.26 Å². The average Bonchev–Trinajstić information content (AvgIpc) is 2.71. The number of amides is 1. The molecule has 4 nitrogen and oxygen atoms in total. The van der Waals surface area contributed by atoms with Crippen LogP contribution in [0.5, 0.6) is 5.75 Å². The summed E-state index contributed by atoms with van der Waals surface area (Å²) in [4.78, 5) is 12.4. The molecule has 1 N–H and O–H groups in total. The van der Waals surface area contributed by atoms with E-state index in [1.54, 1.807) is 31.2 Å². The number of nitrogens with one attached hydrogen (secondary N) is 1. The van der Waals surface area contributed by atoms with Gasteiger partial charge in [0.05, 0.1) is 0 Å². The fourth-order valence-electron chi connectivity index (χ4n) is 2.95. The Morgan fingerprint density at radius 2 is 1.86 bits per heavy atom. The van der Waals surface area contributed by atoms with Crippen LogP contribution in [-0.2, 0) is 6.54 Å². The van der Waals surface area contributed by atoms with Gasteiger partial charge < -0.3 is 10.1 Å². The largest absolute Gasteiger partial charge is 0.479 e. The van der Waals surface area contributed by atoms with E-state index >= 15 is 0 Å². The molecule has 3 rings (SSSR count). The first-order chi connectivity index (χ1) is 14.0. The van der Waals surface area contributed by atoms with Crippen molar-refractivity contribution in [3.05, 3.63) is 89.0 Å². The quantitative estimate of drug-likeness (QED) is 0.657. The molecule has 0 aromatic heterocycles. The number of carbonyl (C=O) groups excluding carboxylic acids is 1. The number of halogens is 2. The van der Waals surface area contributed by atoms with Gasteiger partial charge in [-0.15, -0.1) is 0 Å². The van der Waals surface area contributed by atoms with Crippen LogP contribution in [0.25, 0.3) is 11.1 Å². The number of hydrogen-bond acceptors (Lipinski definition) is 3. The predicted octanol–water partition coefficient (Wildman–Crippen LogP) is 4.77. The number of nitrogens with zero attached hydrogens (tertiary/aromatic N) is 1. The summed E-state index contributed by atoms with van der Waals surface area (Å²) in [5.74, 6) is -0.831. The zero-order valence-corrected chi connectivity index (χ0v) is 15.7. The summed E-state index contributed by atoms with van der Waals surface area (Å²) in [6.07, 6.45) is 0. The molecule has 1 amide bonds. The maximum absolute atomic E-state index is 14.6. The summed E-state index contributed by atoms with van der Waals surface area (Å²) in [5, 5.41) is 11.3. The Kier molecular flexibility index (Phi) is 6.20. The molecule has 6 heteroatoms. The fourth-order valence-corrected chi connectivity index (χ4v) is 2.95. The van der Waals surface area contributed by atoms with Gasteiger partial charge in [0.25, 0.3) is 5.91 Å². The number of ether oxygens (including phenoxy) is 1. The normalized spacial score (nSPS) is 10.3. The van der Waals surface area contributed by atoms with Crippen molar-refractivity contribution >= 4 is 5.91 Å². The van der Waals surface area contributed by atoms with Gasteiger partial charge in [0, 0.05) is 17.7 Å². The van der Waals surface area contributed by atoms with Crippen molar-refractivity contribution in [3.8, 4) is 22.9 Å². The Bertz CT molecular complexity index is 1090. The summed E-state index contributed by atoms with van der Waals surface area (Å²) in [6, 6.07) is 17.2. The van der Waals surface area contributed by atoms with E-state index in [-0.39, 0.29) is 24.5 Å². The van der Waals surface area contributed by atoms with E-state index in [4.69, 9.17) is 10.00 Å². The van der Waals surface area contributed by atoms with Crippen LogP contribution in [0.3, 0.4) is 0 Å². The molecule has 0 spiro atoms. The zero-order chi connectivity index (χ0) is 20.8. The topological polar surface area (TPSA) is 62.1 Å². The van der Waals surface area contributed by atoms with Gasteiger partial charge in [-0.25, -0.2) is 8.78 Å². The van der Waals surface area contributed by atoms with Gasteiger partial charge in [0.2, 0.25) is 0 Å². The number of aryl methyl sites for hydroxylation is 1. The van der Waals surface area contributed by atoms with Crippen LogP contribution in [0.2, 0.25) is 0 Å². The average molecular weight is 392 g/mol. The zero-order valence-electron chi connectivity index (χ0n) is 15.7. The minimum Gasteiger partial charge on any atom is -0.479 e.